The number of rotatable bonds is 5. The first kappa shape index (κ1) is 14.9. The lowest BCUT2D eigenvalue weighted by Crippen LogP contribution is -2.36. The lowest BCUT2D eigenvalue weighted by Gasteiger charge is -2.28. The molecule has 1 aromatic heterocycles. The smallest absolute Gasteiger partial charge is 0.318 e. The quantitative estimate of drug-likeness (QED) is 0.922. The van der Waals surface area contributed by atoms with Crippen molar-refractivity contribution in [1.82, 2.24) is 0 Å². The van der Waals surface area contributed by atoms with E-state index in [1.54, 1.807) is 30.5 Å². The topological polar surface area (TPSA) is 54.4 Å². The maximum Gasteiger partial charge on any atom is 0.318 e. The Kier molecular flexibility index (Phi) is 4.40. The molecule has 3 nitrogen and oxygen atoms in total. The highest BCUT2D eigenvalue weighted by Crippen LogP contribution is 2.37. The summed E-state index contributed by atoms with van der Waals surface area (Å²) in [4.78, 5) is 12.6. The fraction of sp³-hybridized carbons (Fsp3) is 0.267. The molecule has 0 bridgehead atoms. The van der Waals surface area contributed by atoms with Crippen LogP contribution >= 0.6 is 11.3 Å². The van der Waals surface area contributed by atoms with Crippen molar-refractivity contribution in [3.63, 3.8) is 0 Å². The number of hydrogen-bond acceptors (Lipinski definition) is 3. The molecule has 0 fully saturated rings. The first-order valence-corrected chi connectivity index (χ1v) is 8.72. The molecule has 2 aromatic rings. The molecule has 2 rings (SSSR count). The van der Waals surface area contributed by atoms with Gasteiger partial charge in [-0.25, -0.2) is 0 Å². The van der Waals surface area contributed by atoms with Gasteiger partial charge in [0, 0.05) is 22.0 Å². The fourth-order valence-corrected chi connectivity index (χ4v) is 3.66. The molecule has 0 saturated heterocycles. The molecular formula is C15H16O3S2. The third-order valence-electron chi connectivity index (χ3n) is 3.59. The second-order valence-corrected chi connectivity index (χ2v) is 6.71. The summed E-state index contributed by atoms with van der Waals surface area (Å²) < 4.78 is 11.4. The molecule has 20 heavy (non-hydrogen) atoms. The Morgan fingerprint density at radius 3 is 2.30 bits per heavy atom. The van der Waals surface area contributed by atoms with Crippen LogP contribution in [0.4, 0.5) is 0 Å². The van der Waals surface area contributed by atoms with Crippen molar-refractivity contribution in [2.75, 3.05) is 6.26 Å². The maximum absolute atomic E-state index is 11.9. The number of carboxylic acids is 1. The van der Waals surface area contributed by atoms with Gasteiger partial charge in [0.15, 0.2) is 0 Å². The Balaban J connectivity index is 2.58. The van der Waals surface area contributed by atoms with Crippen LogP contribution in [0, 0.1) is 0 Å². The maximum atomic E-state index is 11.9. The van der Waals surface area contributed by atoms with Crippen molar-refractivity contribution in [2.45, 2.75) is 23.7 Å². The van der Waals surface area contributed by atoms with Gasteiger partial charge < -0.3 is 5.11 Å². The number of carbonyl (C=O) groups is 1. The lowest BCUT2D eigenvalue weighted by atomic mass is 9.73. The fourth-order valence-electron chi connectivity index (χ4n) is 2.41. The van der Waals surface area contributed by atoms with E-state index in [1.165, 1.54) is 11.3 Å². The molecule has 0 aliphatic heterocycles. The van der Waals surface area contributed by atoms with Gasteiger partial charge in [0.1, 0.15) is 5.41 Å². The summed E-state index contributed by atoms with van der Waals surface area (Å²) in [6, 6.07) is 8.88. The summed E-state index contributed by atoms with van der Waals surface area (Å²) in [6.07, 6.45) is 2.08. The summed E-state index contributed by atoms with van der Waals surface area (Å²) >= 11 is 1.49. The molecular weight excluding hydrogens is 292 g/mol. The van der Waals surface area contributed by atoms with E-state index in [2.05, 4.69) is 0 Å². The Labute approximate surface area is 124 Å². The van der Waals surface area contributed by atoms with E-state index in [9.17, 15) is 14.1 Å². The van der Waals surface area contributed by atoms with E-state index >= 15 is 0 Å². The minimum Gasteiger partial charge on any atom is -0.480 e. The van der Waals surface area contributed by atoms with Crippen molar-refractivity contribution in [1.29, 1.82) is 0 Å². The van der Waals surface area contributed by atoms with E-state index in [1.807, 2.05) is 23.8 Å². The highest BCUT2D eigenvalue weighted by atomic mass is 32.2. The van der Waals surface area contributed by atoms with E-state index in [0.29, 0.717) is 11.3 Å². The molecule has 2 atom stereocenters. The Hall–Kier alpha value is -1.46. The zero-order valence-corrected chi connectivity index (χ0v) is 13.0. The number of benzene rings is 1. The van der Waals surface area contributed by atoms with Crippen molar-refractivity contribution < 1.29 is 14.1 Å². The molecule has 0 radical (unpaired) electrons. The predicted octanol–water partition coefficient (Wildman–Crippen LogP) is 3.27. The second-order valence-electron chi connectivity index (χ2n) is 4.55. The van der Waals surface area contributed by atoms with Crippen LogP contribution < -0.4 is 0 Å². The molecule has 106 valence electrons. The molecule has 1 N–H and O–H groups in total. The second kappa shape index (κ2) is 5.89. The van der Waals surface area contributed by atoms with Crippen LogP contribution in [-0.4, -0.2) is 21.5 Å². The van der Waals surface area contributed by atoms with E-state index in [-0.39, 0.29) is 0 Å². The van der Waals surface area contributed by atoms with Crippen molar-refractivity contribution in [3.05, 3.63) is 52.2 Å². The van der Waals surface area contributed by atoms with Crippen molar-refractivity contribution >= 4 is 28.1 Å². The number of thiophene rings is 1. The summed E-state index contributed by atoms with van der Waals surface area (Å²) in [5.74, 6) is -0.858. The van der Waals surface area contributed by atoms with Gasteiger partial charge in [0.25, 0.3) is 0 Å². The number of aliphatic carboxylic acids is 1. The normalized spacial score (nSPS) is 15.5. The summed E-state index contributed by atoms with van der Waals surface area (Å²) in [6.45, 7) is 1.87. The molecule has 1 aromatic carbocycles. The molecule has 2 unspecified atom stereocenters. The first-order valence-electron chi connectivity index (χ1n) is 6.22. The molecule has 0 aliphatic rings. The van der Waals surface area contributed by atoms with Crippen LogP contribution in [0.15, 0.2) is 46.0 Å². The van der Waals surface area contributed by atoms with Crippen LogP contribution in [-0.2, 0) is 21.0 Å². The monoisotopic (exact) mass is 308 g/mol. The van der Waals surface area contributed by atoms with Crippen LogP contribution in [0.1, 0.15) is 24.5 Å². The zero-order chi connectivity index (χ0) is 14.8. The number of carboxylic acid groups (broad SMARTS) is 1. The lowest BCUT2D eigenvalue weighted by molar-refractivity contribution is -0.142. The highest BCUT2D eigenvalue weighted by Gasteiger charge is 2.40. The molecule has 0 amide bonds. The minimum absolute atomic E-state index is 0.466. The van der Waals surface area contributed by atoms with Gasteiger partial charge in [-0.15, -0.1) is 0 Å². The third-order valence-corrected chi connectivity index (χ3v) is 5.21. The predicted molar refractivity (Wildman–Crippen MR) is 81.8 cm³/mol. The summed E-state index contributed by atoms with van der Waals surface area (Å²) in [7, 11) is -1.06. The molecule has 5 heteroatoms. The van der Waals surface area contributed by atoms with Crippen LogP contribution in [0.5, 0.6) is 0 Å². The van der Waals surface area contributed by atoms with Crippen molar-refractivity contribution in [3.8, 4) is 0 Å². The highest BCUT2D eigenvalue weighted by molar-refractivity contribution is 7.84. The van der Waals surface area contributed by atoms with Gasteiger partial charge in [-0.3, -0.25) is 9.00 Å². The minimum atomic E-state index is -1.06. The van der Waals surface area contributed by atoms with Gasteiger partial charge in [-0.05, 0) is 46.5 Å². The van der Waals surface area contributed by atoms with E-state index < -0.39 is 22.2 Å². The Bertz CT molecular complexity index is 617. The Morgan fingerprint density at radius 2 is 1.90 bits per heavy atom. The molecule has 0 saturated carbocycles. The van der Waals surface area contributed by atoms with Crippen LogP contribution in [0.25, 0.3) is 0 Å². The first-order chi connectivity index (χ1) is 9.52. The average Bonchev–Trinajstić information content (AvgIpc) is 2.95. The van der Waals surface area contributed by atoms with Gasteiger partial charge >= 0.3 is 5.97 Å². The van der Waals surface area contributed by atoms with Crippen LogP contribution in [0.3, 0.4) is 0 Å². The van der Waals surface area contributed by atoms with E-state index in [4.69, 9.17) is 0 Å². The van der Waals surface area contributed by atoms with E-state index in [0.717, 1.165) is 11.1 Å². The summed E-state index contributed by atoms with van der Waals surface area (Å²) in [5.41, 5.74) is 0.483. The Morgan fingerprint density at radius 1 is 1.25 bits per heavy atom. The largest absolute Gasteiger partial charge is 0.480 e. The third kappa shape index (κ3) is 2.43. The zero-order valence-electron chi connectivity index (χ0n) is 11.3. The number of hydrogen-bond donors (Lipinski definition) is 1. The molecule has 1 heterocycles. The van der Waals surface area contributed by atoms with Crippen LogP contribution in [0.2, 0.25) is 0 Å². The van der Waals surface area contributed by atoms with Gasteiger partial charge in [-0.1, -0.05) is 19.1 Å². The SMILES string of the molecule is CCC(C(=O)O)(c1ccc(S(C)=O)cc1)c1ccsc1. The van der Waals surface area contributed by atoms with Gasteiger partial charge in [0.2, 0.25) is 0 Å². The van der Waals surface area contributed by atoms with Gasteiger partial charge in [-0.2, -0.15) is 11.3 Å². The molecule has 0 spiro atoms. The summed E-state index contributed by atoms with van der Waals surface area (Å²) in [5, 5.41) is 13.5. The standard InChI is InChI=1S/C15H16O3S2/c1-3-15(14(16)17,12-8-9-19-10-12)11-4-6-13(7-5-11)20(2)18/h4-10H,3H2,1-2H3,(H,16,17). The van der Waals surface area contributed by atoms with Crippen molar-refractivity contribution in [2.24, 2.45) is 0 Å². The van der Waals surface area contributed by atoms with Gasteiger partial charge in [0.05, 0.1) is 0 Å². The average molecular weight is 308 g/mol. The molecule has 0 aliphatic carbocycles.